The number of hydrogen-bond donors (Lipinski definition) is 4. The van der Waals surface area contributed by atoms with Crippen LogP contribution in [0.25, 0.3) is 10.9 Å². The van der Waals surface area contributed by atoms with Crippen LogP contribution in [0.3, 0.4) is 0 Å². The fourth-order valence-corrected chi connectivity index (χ4v) is 6.09. The number of carbonyl (C=O) groups excluding carboxylic acids is 2. The minimum atomic E-state index is -1.18. The van der Waals surface area contributed by atoms with Crippen molar-refractivity contribution in [1.29, 1.82) is 0 Å². The first-order chi connectivity index (χ1) is 21.2. The first-order valence-electron chi connectivity index (χ1n) is 15.5. The molecule has 0 unspecified atom stereocenters. The molecule has 2 aromatic heterocycles. The van der Waals surface area contributed by atoms with Crippen LogP contribution in [0.5, 0.6) is 0 Å². The molecule has 0 spiro atoms. The molecule has 10 heteroatoms. The van der Waals surface area contributed by atoms with Gasteiger partial charge >= 0.3 is 12.0 Å². The number of likely N-dealkylation sites (tertiary alicyclic amines) is 1. The summed E-state index contributed by atoms with van der Waals surface area (Å²) in [5.74, 6) is -1.30. The second-order valence-electron chi connectivity index (χ2n) is 12.1. The maximum atomic E-state index is 14.4. The number of imidazole rings is 1. The Bertz CT molecular complexity index is 1590. The van der Waals surface area contributed by atoms with Gasteiger partial charge in [-0.05, 0) is 42.4 Å². The number of aromatic carboxylic acids is 1. The Morgan fingerprint density at radius 2 is 1.68 bits per heavy atom. The Morgan fingerprint density at radius 3 is 2.36 bits per heavy atom. The number of fused-ring (bicyclic) bond motifs is 1. The van der Waals surface area contributed by atoms with Crippen LogP contribution in [-0.2, 0) is 17.6 Å². The smallest absolute Gasteiger partial charge is 0.356 e. The highest BCUT2D eigenvalue weighted by molar-refractivity contribution is 5.98. The average Bonchev–Trinajstić information content (AvgIpc) is 3.50. The molecule has 10 nitrogen and oxygen atoms in total. The van der Waals surface area contributed by atoms with Crippen molar-refractivity contribution >= 4 is 28.8 Å². The van der Waals surface area contributed by atoms with Crippen molar-refractivity contribution in [2.45, 2.75) is 70.9 Å². The lowest BCUT2D eigenvalue weighted by Crippen LogP contribution is -2.54. The first kappa shape index (κ1) is 31.0. The number of aromatic amines is 2. The van der Waals surface area contributed by atoms with E-state index in [9.17, 15) is 19.5 Å². The van der Waals surface area contributed by atoms with Gasteiger partial charge < -0.3 is 25.7 Å². The molecule has 5 rings (SSSR count). The molecule has 1 aliphatic heterocycles. The lowest BCUT2D eigenvalue weighted by molar-refractivity contribution is -0.132. The number of nitrogens with one attached hydrogen (secondary N) is 2. The summed E-state index contributed by atoms with van der Waals surface area (Å²) in [5.41, 5.74) is 9.47. The Morgan fingerprint density at radius 1 is 1.00 bits per heavy atom. The van der Waals surface area contributed by atoms with Crippen molar-refractivity contribution in [3.63, 3.8) is 0 Å². The van der Waals surface area contributed by atoms with E-state index in [-0.39, 0.29) is 23.9 Å². The number of rotatable bonds is 10. The second-order valence-corrected chi connectivity index (χ2v) is 12.1. The average molecular weight is 599 g/mol. The van der Waals surface area contributed by atoms with Crippen molar-refractivity contribution in [1.82, 2.24) is 24.8 Å². The number of aromatic nitrogens is 3. The number of hydrogen-bond acceptors (Lipinski definition) is 5. The van der Waals surface area contributed by atoms with Crippen LogP contribution in [0.4, 0.5) is 4.79 Å². The van der Waals surface area contributed by atoms with Crippen LogP contribution in [0.15, 0.2) is 60.8 Å². The molecule has 3 heterocycles. The highest BCUT2D eigenvalue weighted by atomic mass is 16.4. The number of amides is 3. The minimum Gasteiger partial charge on any atom is -0.476 e. The summed E-state index contributed by atoms with van der Waals surface area (Å²) in [6.45, 7) is 5.05. The lowest BCUT2D eigenvalue weighted by Gasteiger charge is -2.35. The molecule has 0 saturated carbocycles. The molecule has 1 aliphatic rings. The number of imide groups is 1. The van der Waals surface area contributed by atoms with Gasteiger partial charge in [-0.3, -0.25) is 9.69 Å². The molecule has 5 N–H and O–H groups in total. The Hall–Kier alpha value is -4.44. The molecule has 44 heavy (non-hydrogen) atoms. The summed E-state index contributed by atoms with van der Waals surface area (Å²) in [6, 6.07) is 15.1. The molecule has 0 radical (unpaired) electrons. The van der Waals surface area contributed by atoms with E-state index >= 15 is 0 Å². The lowest BCUT2D eigenvalue weighted by atomic mass is 9.99. The Balaban J connectivity index is 1.64. The highest BCUT2D eigenvalue weighted by Crippen LogP contribution is 2.31. The van der Waals surface area contributed by atoms with E-state index in [1.165, 1.54) is 4.90 Å². The number of carbonyl (C=O) groups is 3. The number of nitrogens with two attached hydrogens (primary N) is 1. The fraction of sp³-hybridized carbons (Fsp3) is 0.412. The second kappa shape index (κ2) is 13.9. The maximum absolute atomic E-state index is 14.4. The van der Waals surface area contributed by atoms with Crippen LogP contribution >= 0.6 is 0 Å². The van der Waals surface area contributed by atoms with Gasteiger partial charge in [-0.25, -0.2) is 14.6 Å². The number of carboxylic acids is 1. The predicted octanol–water partition coefficient (Wildman–Crippen LogP) is 5.66. The van der Waals surface area contributed by atoms with E-state index < -0.39 is 30.0 Å². The number of urea groups is 1. The van der Waals surface area contributed by atoms with Gasteiger partial charge in [-0.2, -0.15) is 0 Å². The van der Waals surface area contributed by atoms with E-state index in [0.29, 0.717) is 31.6 Å². The number of H-pyrrole nitrogens is 2. The van der Waals surface area contributed by atoms with Gasteiger partial charge in [-0.15, -0.1) is 0 Å². The van der Waals surface area contributed by atoms with Gasteiger partial charge in [0.05, 0.1) is 11.7 Å². The van der Waals surface area contributed by atoms with Gasteiger partial charge in [0, 0.05) is 43.0 Å². The van der Waals surface area contributed by atoms with Crippen LogP contribution in [0.2, 0.25) is 0 Å². The van der Waals surface area contributed by atoms with Crippen molar-refractivity contribution in [3.05, 3.63) is 89.1 Å². The third-order valence-corrected chi connectivity index (χ3v) is 8.30. The zero-order valence-corrected chi connectivity index (χ0v) is 25.5. The van der Waals surface area contributed by atoms with E-state index in [2.05, 4.69) is 15.0 Å². The monoisotopic (exact) mass is 598 g/mol. The molecule has 0 bridgehead atoms. The van der Waals surface area contributed by atoms with Crippen molar-refractivity contribution in [2.75, 3.05) is 13.1 Å². The zero-order chi connectivity index (χ0) is 31.2. The van der Waals surface area contributed by atoms with Gasteiger partial charge in [0.2, 0.25) is 5.91 Å². The molecule has 1 saturated heterocycles. The van der Waals surface area contributed by atoms with Gasteiger partial charge in [-0.1, -0.05) is 75.2 Å². The van der Waals surface area contributed by atoms with Crippen LogP contribution < -0.4 is 5.73 Å². The van der Waals surface area contributed by atoms with Crippen LogP contribution in [0.1, 0.15) is 85.1 Å². The van der Waals surface area contributed by atoms with E-state index in [1.54, 1.807) is 4.90 Å². The standard InChI is InChI=1S/C34H42N6O4/c1-22(2)18-26(35)32(41)40(34(44)39-16-10-3-4-11-17-39)29(20-24-21-36-27-15-9-8-14-25(24)27)31-37-28(30(38-31)33(42)43)19-23-12-6-5-7-13-23/h5-9,12-15,21-22,26,29,36H,3-4,10-11,16-20,35H2,1-2H3,(H,37,38)(H,42,43)/t26-,29+/m0/s1. The molecular weight excluding hydrogens is 556 g/mol. The number of benzene rings is 2. The summed E-state index contributed by atoms with van der Waals surface area (Å²) in [4.78, 5) is 55.2. The summed E-state index contributed by atoms with van der Waals surface area (Å²) < 4.78 is 0. The van der Waals surface area contributed by atoms with E-state index in [4.69, 9.17) is 5.73 Å². The number of nitrogens with zero attached hydrogens (tertiary/aromatic N) is 3. The van der Waals surface area contributed by atoms with Crippen LogP contribution in [0, 0.1) is 5.92 Å². The quantitative estimate of drug-likeness (QED) is 0.185. The normalized spacial score (nSPS) is 15.2. The molecule has 1 fully saturated rings. The highest BCUT2D eigenvalue weighted by Gasteiger charge is 2.39. The van der Waals surface area contributed by atoms with Gasteiger partial charge in [0.15, 0.2) is 5.69 Å². The molecule has 232 valence electrons. The van der Waals surface area contributed by atoms with Crippen molar-refractivity contribution in [2.24, 2.45) is 11.7 Å². The SMILES string of the molecule is CC(C)C[C@H](N)C(=O)N(C(=O)N1CCCCCC1)[C@H](Cc1c[nH]c2ccccc12)c1nc(C(=O)O)c(Cc2ccccc2)[nH]1. The van der Waals surface area contributed by atoms with E-state index in [0.717, 1.165) is 47.7 Å². The van der Waals surface area contributed by atoms with E-state index in [1.807, 2.05) is 74.6 Å². The first-order valence-corrected chi connectivity index (χ1v) is 15.5. The van der Waals surface area contributed by atoms with Crippen LogP contribution in [-0.4, -0.2) is 66.9 Å². The van der Waals surface area contributed by atoms with Crippen molar-refractivity contribution in [3.8, 4) is 0 Å². The summed E-state index contributed by atoms with van der Waals surface area (Å²) in [6.07, 6.45) is 6.54. The molecule has 2 atom stereocenters. The largest absolute Gasteiger partial charge is 0.476 e. The molecule has 0 aliphatic carbocycles. The predicted molar refractivity (Wildman–Crippen MR) is 169 cm³/mol. The zero-order valence-electron chi connectivity index (χ0n) is 25.5. The third kappa shape index (κ3) is 7.02. The van der Waals surface area contributed by atoms with Crippen molar-refractivity contribution < 1.29 is 19.5 Å². The summed E-state index contributed by atoms with van der Waals surface area (Å²) in [5, 5.41) is 11.1. The maximum Gasteiger partial charge on any atom is 0.356 e. The molecule has 4 aromatic rings. The minimum absolute atomic E-state index is 0.131. The molecule has 2 aromatic carbocycles. The molecule has 3 amide bonds. The number of carboxylic acid groups (broad SMARTS) is 1. The fourth-order valence-electron chi connectivity index (χ4n) is 6.09. The summed E-state index contributed by atoms with van der Waals surface area (Å²) in [7, 11) is 0. The molecular formula is C34H42N6O4. The number of para-hydroxylation sites is 1. The summed E-state index contributed by atoms with van der Waals surface area (Å²) >= 11 is 0. The third-order valence-electron chi connectivity index (χ3n) is 8.30. The Kier molecular flexibility index (Phi) is 9.79. The van der Waals surface area contributed by atoms with Gasteiger partial charge in [0.25, 0.3) is 0 Å². The Labute approximate surface area is 257 Å². The topological polar surface area (TPSA) is 148 Å². The van der Waals surface area contributed by atoms with Gasteiger partial charge in [0.1, 0.15) is 11.9 Å².